The Morgan fingerprint density at radius 3 is 2.29 bits per heavy atom. The molecule has 0 bridgehead atoms. The van der Waals surface area contributed by atoms with Crippen LogP contribution in [0.4, 0.5) is 0 Å². The van der Waals surface area contributed by atoms with Crippen LogP contribution in [0.3, 0.4) is 0 Å². The first-order chi connectivity index (χ1) is 10.0. The predicted octanol–water partition coefficient (Wildman–Crippen LogP) is 3.93. The van der Waals surface area contributed by atoms with Gasteiger partial charge in [0.25, 0.3) is 0 Å². The third kappa shape index (κ3) is 7.59. The smallest absolute Gasteiger partial charge is 0.302 e. The van der Waals surface area contributed by atoms with E-state index in [0.717, 1.165) is 24.8 Å². The summed E-state index contributed by atoms with van der Waals surface area (Å²) in [6.45, 7) is 3.58. The first-order valence-corrected chi connectivity index (χ1v) is 7.70. The molecule has 0 aliphatic carbocycles. The molecule has 1 atom stereocenters. The zero-order chi connectivity index (χ0) is 15.7. The third-order valence-electron chi connectivity index (χ3n) is 3.39. The Bertz CT molecular complexity index is 422. The second kappa shape index (κ2) is 9.27. The van der Waals surface area contributed by atoms with Gasteiger partial charge in [-0.25, -0.2) is 0 Å². The van der Waals surface area contributed by atoms with E-state index >= 15 is 0 Å². The van der Waals surface area contributed by atoms with Gasteiger partial charge in [-0.3, -0.25) is 4.79 Å². The summed E-state index contributed by atoms with van der Waals surface area (Å²) in [5.74, 6) is -0.248. The molecule has 118 valence electrons. The lowest BCUT2D eigenvalue weighted by Crippen LogP contribution is -2.19. The minimum absolute atomic E-state index is 0.0227. The molecule has 0 aliphatic rings. The Kier molecular flexibility index (Phi) is 7.65. The van der Waals surface area contributed by atoms with Crippen molar-refractivity contribution < 1.29 is 19.7 Å². The van der Waals surface area contributed by atoms with Crippen LogP contribution in [0, 0.1) is 0 Å². The van der Waals surface area contributed by atoms with Crippen LogP contribution in [0.1, 0.15) is 57.9 Å². The first-order valence-electron chi connectivity index (χ1n) is 7.70. The van der Waals surface area contributed by atoms with Crippen LogP contribution in [0.15, 0.2) is 18.2 Å². The maximum Gasteiger partial charge on any atom is 0.302 e. The van der Waals surface area contributed by atoms with Crippen molar-refractivity contribution in [3.8, 4) is 11.5 Å². The van der Waals surface area contributed by atoms with Gasteiger partial charge in [0.05, 0.1) is 0 Å². The molecule has 0 saturated heterocycles. The number of benzene rings is 1. The van der Waals surface area contributed by atoms with Gasteiger partial charge in [-0.1, -0.05) is 32.6 Å². The summed E-state index contributed by atoms with van der Waals surface area (Å²) in [5, 5.41) is 19.0. The molecule has 1 rings (SSSR count). The number of unbranched alkanes of at least 4 members (excludes halogenated alkanes) is 4. The molecule has 1 aromatic rings. The molecule has 1 aromatic carbocycles. The number of rotatable bonds is 9. The van der Waals surface area contributed by atoms with Gasteiger partial charge < -0.3 is 14.9 Å². The van der Waals surface area contributed by atoms with Crippen molar-refractivity contribution in [2.75, 3.05) is 0 Å². The molecule has 0 radical (unpaired) electrons. The highest BCUT2D eigenvalue weighted by molar-refractivity contribution is 5.66. The lowest BCUT2D eigenvalue weighted by atomic mass is 10.0. The number of carbonyl (C=O) groups excluding carboxylic acids is 1. The number of hydrogen-bond donors (Lipinski definition) is 2. The fraction of sp³-hybridized carbons (Fsp3) is 0.588. The van der Waals surface area contributed by atoms with Crippen LogP contribution in [0.2, 0.25) is 0 Å². The Labute approximate surface area is 126 Å². The molecular formula is C17H26O4. The van der Waals surface area contributed by atoms with Crippen LogP contribution < -0.4 is 0 Å². The lowest BCUT2D eigenvalue weighted by molar-refractivity contribution is -0.146. The van der Waals surface area contributed by atoms with Gasteiger partial charge in [0, 0.05) is 19.4 Å². The number of esters is 1. The highest BCUT2D eigenvalue weighted by Gasteiger charge is 2.14. The van der Waals surface area contributed by atoms with Crippen molar-refractivity contribution in [2.24, 2.45) is 0 Å². The molecular weight excluding hydrogens is 268 g/mol. The molecule has 0 saturated carbocycles. The van der Waals surface area contributed by atoms with Gasteiger partial charge in [0.2, 0.25) is 0 Å². The van der Waals surface area contributed by atoms with Crippen LogP contribution >= 0.6 is 0 Å². The Balaban J connectivity index is 2.54. The number of hydrogen-bond acceptors (Lipinski definition) is 4. The molecule has 0 aromatic heterocycles. The summed E-state index contributed by atoms with van der Waals surface area (Å²) in [5.41, 5.74) is 0.771. The maximum absolute atomic E-state index is 11.2. The van der Waals surface area contributed by atoms with Crippen LogP contribution in [-0.4, -0.2) is 22.3 Å². The zero-order valence-corrected chi connectivity index (χ0v) is 13.0. The van der Waals surface area contributed by atoms with E-state index in [2.05, 4.69) is 6.92 Å². The summed E-state index contributed by atoms with van der Waals surface area (Å²) < 4.78 is 5.34. The zero-order valence-electron chi connectivity index (χ0n) is 13.0. The molecule has 21 heavy (non-hydrogen) atoms. The quantitative estimate of drug-likeness (QED) is 0.535. The first kappa shape index (κ1) is 17.3. The summed E-state index contributed by atoms with van der Waals surface area (Å²) in [6, 6.07) is 4.47. The van der Waals surface area contributed by atoms with E-state index in [-0.39, 0.29) is 23.6 Å². The number of aromatic hydroxyl groups is 2. The van der Waals surface area contributed by atoms with E-state index < -0.39 is 0 Å². The van der Waals surface area contributed by atoms with Gasteiger partial charge in [-0.15, -0.1) is 0 Å². The average molecular weight is 294 g/mol. The molecule has 0 amide bonds. The van der Waals surface area contributed by atoms with Gasteiger partial charge in [0.15, 0.2) is 0 Å². The molecule has 0 fully saturated rings. The average Bonchev–Trinajstić information content (AvgIpc) is 2.36. The van der Waals surface area contributed by atoms with Crippen molar-refractivity contribution in [3.63, 3.8) is 0 Å². The highest BCUT2D eigenvalue weighted by Crippen LogP contribution is 2.23. The predicted molar refractivity (Wildman–Crippen MR) is 82.4 cm³/mol. The summed E-state index contributed by atoms with van der Waals surface area (Å²) in [6.07, 6.45) is 6.91. The summed E-state index contributed by atoms with van der Waals surface area (Å²) in [7, 11) is 0. The van der Waals surface area contributed by atoms with E-state index in [4.69, 9.17) is 4.74 Å². The SMILES string of the molecule is CCCCCCCC(Cc1cc(O)cc(O)c1)OC(C)=O. The lowest BCUT2D eigenvalue weighted by Gasteiger charge is -2.17. The molecule has 1 unspecified atom stereocenters. The van der Waals surface area contributed by atoms with E-state index in [1.54, 1.807) is 12.1 Å². The third-order valence-corrected chi connectivity index (χ3v) is 3.39. The number of ether oxygens (including phenoxy) is 1. The number of carbonyl (C=O) groups is 1. The topological polar surface area (TPSA) is 66.8 Å². The second-order valence-corrected chi connectivity index (χ2v) is 5.50. The van der Waals surface area contributed by atoms with Crippen molar-refractivity contribution in [3.05, 3.63) is 23.8 Å². The van der Waals surface area contributed by atoms with Crippen LogP contribution in [0.5, 0.6) is 11.5 Å². The van der Waals surface area contributed by atoms with Crippen molar-refractivity contribution in [1.82, 2.24) is 0 Å². The van der Waals surface area contributed by atoms with E-state index in [9.17, 15) is 15.0 Å². The van der Waals surface area contributed by atoms with Gasteiger partial charge in [-0.2, -0.15) is 0 Å². The minimum Gasteiger partial charge on any atom is -0.508 e. The second-order valence-electron chi connectivity index (χ2n) is 5.50. The van der Waals surface area contributed by atoms with Crippen LogP contribution in [-0.2, 0) is 16.0 Å². The number of phenols is 2. The maximum atomic E-state index is 11.2. The fourth-order valence-electron chi connectivity index (χ4n) is 2.45. The van der Waals surface area contributed by atoms with E-state index in [1.807, 2.05) is 0 Å². The molecule has 0 heterocycles. The fourth-order valence-corrected chi connectivity index (χ4v) is 2.45. The van der Waals surface area contributed by atoms with Crippen LogP contribution in [0.25, 0.3) is 0 Å². The molecule has 0 spiro atoms. The number of phenolic OH excluding ortho intramolecular Hbond substituents is 2. The largest absolute Gasteiger partial charge is 0.508 e. The monoisotopic (exact) mass is 294 g/mol. The normalized spacial score (nSPS) is 12.1. The minimum atomic E-state index is -0.294. The standard InChI is InChI=1S/C17H26O4/c1-3-4-5-6-7-8-17(21-13(2)18)11-14-9-15(19)12-16(20)10-14/h9-10,12,17,19-20H,3-8,11H2,1-2H3. The van der Waals surface area contributed by atoms with Gasteiger partial charge >= 0.3 is 5.97 Å². The van der Waals surface area contributed by atoms with Gasteiger partial charge in [0.1, 0.15) is 17.6 Å². The Morgan fingerprint density at radius 1 is 1.10 bits per heavy atom. The summed E-state index contributed by atoms with van der Waals surface area (Å²) in [4.78, 5) is 11.2. The summed E-state index contributed by atoms with van der Waals surface area (Å²) >= 11 is 0. The van der Waals surface area contributed by atoms with Gasteiger partial charge in [-0.05, 0) is 30.5 Å². The highest BCUT2D eigenvalue weighted by atomic mass is 16.5. The van der Waals surface area contributed by atoms with Crippen molar-refractivity contribution in [2.45, 2.75) is 64.9 Å². The Morgan fingerprint density at radius 2 is 1.71 bits per heavy atom. The molecule has 4 heteroatoms. The van der Waals surface area contributed by atoms with Crippen molar-refractivity contribution >= 4 is 5.97 Å². The Hall–Kier alpha value is -1.71. The van der Waals surface area contributed by atoms with E-state index in [0.29, 0.717) is 6.42 Å². The van der Waals surface area contributed by atoms with E-state index in [1.165, 1.54) is 32.3 Å². The van der Waals surface area contributed by atoms with Crippen molar-refractivity contribution in [1.29, 1.82) is 0 Å². The molecule has 0 aliphatic heterocycles. The molecule has 4 nitrogen and oxygen atoms in total. The molecule has 2 N–H and O–H groups in total.